The summed E-state index contributed by atoms with van der Waals surface area (Å²) in [6.45, 7) is 1.40. The molecular weight excluding hydrogens is 405 g/mol. The van der Waals surface area contributed by atoms with Gasteiger partial charge in [0.2, 0.25) is 0 Å². The number of carbonyl (C=O) groups is 2. The molecule has 2 heterocycles. The predicted molar refractivity (Wildman–Crippen MR) is 97.9 cm³/mol. The number of ether oxygens (including phenoxy) is 1. The van der Waals surface area contributed by atoms with E-state index in [1.54, 1.807) is 0 Å². The van der Waals surface area contributed by atoms with Crippen LogP contribution in [0.4, 0.5) is 18.9 Å². The Kier molecular flexibility index (Phi) is 5.72. The molecule has 0 radical (unpaired) electrons. The number of aromatic nitrogens is 3. The zero-order valence-corrected chi connectivity index (χ0v) is 15.5. The highest BCUT2D eigenvalue weighted by Crippen LogP contribution is 2.34. The Labute approximate surface area is 168 Å². The lowest BCUT2D eigenvalue weighted by atomic mass is 10.2. The van der Waals surface area contributed by atoms with Crippen molar-refractivity contribution in [3.8, 4) is 5.69 Å². The number of hydrogen-bond acceptors (Lipinski definition) is 5. The first-order valence-corrected chi connectivity index (χ1v) is 8.64. The number of pyridine rings is 1. The van der Waals surface area contributed by atoms with Crippen molar-refractivity contribution < 1.29 is 32.2 Å². The van der Waals surface area contributed by atoms with Crippen LogP contribution in [0.15, 0.2) is 54.9 Å². The summed E-state index contributed by atoms with van der Waals surface area (Å²) in [5, 5.41) is 17.8. The largest absolute Gasteiger partial charge is 0.618 e. The Morgan fingerprint density at radius 3 is 2.50 bits per heavy atom. The maximum Gasteiger partial charge on any atom is 0.434 e. The number of amides is 1. The van der Waals surface area contributed by atoms with Crippen LogP contribution in [0, 0.1) is 5.21 Å². The maximum atomic E-state index is 13.5. The minimum absolute atomic E-state index is 0.00877. The van der Waals surface area contributed by atoms with Gasteiger partial charge in [-0.25, -0.2) is 9.48 Å². The number of rotatable bonds is 5. The summed E-state index contributed by atoms with van der Waals surface area (Å²) in [7, 11) is 0. The second kappa shape index (κ2) is 8.23. The quantitative estimate of drug-likeness (QED) is 0.389. The number of hydrogen-bond donors (Lipinski definition) is 1. The standard InChI is InChI=1S/C19H15F3N4O4/c1-2-30-18(28)14-11-23-26(16(14)19(20,21)22)13-8-6-12(7-9-13)24-17(27)15-5-3-4-10-25(15)29/h3-11H,2H2,1H3,(H,24,27). The van der Waals surface area contributed by atoms with Crippen LogP contribution in [0.25, 0.3) is 5.69 Å². The fraction of sp³-hybridized carbons (Fsp3) is 0.158. The average molecular weight is 420 g/mol. The molecule has 0 bridgehead atoms. The van der Waals surface area contributed by atoms with Crippen molar-refractivity contribution in [2.75, 3.05) is 11.9 Å². The highest BCUT2D eigenvalue weighted by Gasteiger charge is 2.41. The molecule has 3 aromatic rings. The Balaban J connectivity index is 1.89. The van der Waals surface area contributed by atoms with Crippen molar-refractivity contribution in [1.29, 1.82) is 0 Å². The first-order valence-electron chi connectivity index (χ1n) is 8.64. The molecule has 1 aromatic carbocycles. The molecule has 0 fully saturated rings. The fourth-order valence-electron chi connectivity index (χ4n) is 2.66. The van der Waals surface area contributed by atoms with E-state index in [9.17, 15) is 28.0 Å². The summed E-state index contributed by atoms with van der Waals surface area (Å²) >= 11 is 0. The van der Waals surface area contributed by atoms with E-state index in [1.807, 2.05) is 0 Å². The highest BCUT2D eigenvalue weighted by atomic mass is 19.4. The number of anilines is 1. The molecule has 0 atom stereocenters. The van der Waals surface area contributed by atoms with Crippen LogP contribution in [0.2, 0.25) is 0 Å². The summed E-state index contributed by atoms with van der Waals surface area (Å²) in [4.78, 5) is 24.0. The van der Waals surface area contributed by atoms with Gasteiger partial charge < -0.3 is 15.3 Å². The topological polar surface area (TPSA) is 100 Å². The molecule has 0 spiro atoms. The van der Waals surface area contributed by atoms with Gasteiger partial charge in [-0.15, -0.1) is 0 Å². The fourth-order valence-corrected chi connectivity index (χ4v) is 2.66. The van der Waals surface area contributed by atoms with Gasteiger partial charge in [0.1, 0.15) is 5.56 Å². The van der Waals surface area contributed by atoms with Crippen molar-refractivity contribution in [3.63, 3.8) is 0 Å². The van der Waals surface area contributed by atoms with Crippen molar-refractivity contribution in [1.82, 2.24) is 9.78 Å². The summed E-state index contributed by atoms with van der Waals surface area (Å²) in [6, 6.07) is 9.56. The molecule has 1 amide bonds. The molecule has 0 unspecified atom stereocenters. The van der Waals surface area contributed by atoms with E-state index in [4.69, 9.17) is 0 Å². The lowest BCUT2D eigenvalue weighted by molar-refractivity contribution is -0.607. The van der Waals surface area contributed by atoms with Crippen molar-refractivity contribution in [2.24, 2.45) is 0 Å². The molecule has 11 heteroatoms. The number of carbonyl (C=O) groups excluding carboxylic acids is 2. The van der Waals surface area contributed by atoms with Crippen LogP contribution in [0.5, 0.6) is 0 Å². The minimum atomic E-state index is -4.86. The van der Waals surface area contributed by atoms with Gasteiger partial charge in [-0.05, 0) is 37.3 Å². The van der Waals surface area contributed by atoms with Crippen LogP contribution in [-0.4, -0.2) is 28.3 Å². The normalized spacial score (nSPS) is 11.2. The van der Waals surface area contributed by atoms with E-state index in [-0.39, 0.29) is 23.7 Å². The van der Waals surface area contributed by atoms with E-state index >= 15 is 0 Å². The molecular formula is C19H15F3N4O4. The molecule has 0 saturated carbocycles. The average Bonchev–Trinajstić information content (AvgIpc) is 3.15. The second-order valence-corrected chi connectivity index (χ2v) is 5.95. The van der Waals surface area contributed by atoms with E-state index < -0.39 is 29.3 Å². The van der Waals surface area contributed by atoms with E-state index in [0.717, 1.165) is 12.4 Å². The number of alkyl halides is 3. The van der Waals surface area contributed by atoms with Gasteiger partial charge in [0, 0.05) is 17.8 Å². The number of esters is 1. The Hall–Kier alpha value is -3.89. The van der Waals surface area contributed by atoms with Crippen LogP contribution < -0.4 is 10.0 Å². The molecule has 30 heavy (non-hydrogen) atoms. The van der Waals surface area contributed by atoms with E-state index in [2.05, 4.69) is 15.2 Å². The monoisotopic (exact) mass is 420 g/mol. The SMILES string of the molecule is CCOC(=O)c1cnn(-c2ccc(NC(=O)c3cccc[n+]3[O-])cc2)c1C(F)(F)F. The molecule has 0 aliphatic heterocycles. The molecule has 1 N–H and O–H groups in total. The number of halogens is 3. The predicted octanol–water partition coefficient (Wildman–Crippen LogP) is 2.95. The van der Waals surface area contributed by atoms with Crippen LogP contribution >= 0.6 is 0 Å². The minimum Gasteiger partial charge on any atom is -0.618 e. The van der Waals surface area contributed by atoms with E-state index in [1.165, 1.54) is 49.4 Å². The molecule has 8 nitrogen and oxygen atoms in total. The van der Waals surface area contributed by atoms with Gasteiger partial charge in [-0.2, -0.15) is 23.0 Å². The molecule has 2 aromatic heterocycles. The Bertz CT molecular complexity index is 1080. The second-order valence-electron chi connectivity index (χ2n) is 5.95. The zero-order chi connectivity index (χ0) is 21.9. The smallest absolute Gasteiger partial charge is 0.434 e. The summed E-state index contributed by atoms with van der Waals surface area (Å²) in [6.07, 6.45) is -2.91. The van der Waals surface area contributed by atoms with Gasteiger partial charge in [-0.1, -0.05) is 0 Å². The molecule has 0 aliphatic carbocycles. The third-order valence-corrected chi connectivity index (χ3v) is 3.96. The summed E-state index contributed by atoms with van der Waals surface area (Å²) < 4.78 is 46.3. The van der Waals surface area contributed by atoms with Crippen molar-refractivity contribution in [2.45, 2.75) is 13.1 Å². The third-order valence-electron chi connectivity index (χ3n) is 3.96. The molecule has 3 rings (SSSR count). The number of benzene rings is 1. The van der Waals surface area contributed by atoms with Gasteiger partial charge in [-0.3, -0.25) is 4.79 Å². The first kappa shape index (κ1) is 20.8. The molecule has 0 aliphatic rings. The van der Waals surface area contributed by atoms with Gasteiger partial charge in [0.25, 0.3) is 5.69 Å². The lowest BCUT2D eigenvalue weighted by Crippen LogP contribution is -2.36. The Morgan fingerprint density at radius 1 is 1.20 bits per heavy atom. The van der Waals surface area contributed by atoms with Crippen molar-refractivity contribution >= 4 is 17.6 Å². The summed E-state index contributed by atoms with van der Waals surface area (Å²) in [5.74, 6) is -1.81. The van der Waals surface area contributed by atoms with Gasteiger partial charge in [0.05, 0.1) is 18.5 Å². The number of nitrogens with one attached hydrogen (secondary N) is 1. The Morgan fingerprint density at radius 2 is 1.90 bits per heavy atom. The maximum absolute atomic E-state index is 13.5. The zero-order valence-electron chi connectivity index (χ0n) is 15.5. The van der Waals surface area contributed by atoms with Gasteiger partial charge >= 0.3 is 18.1 Å². The lowest BCUT2D eigenvalue weighted by Gasteiger charge is -2.13. The number of nitrogens with zero attached hydrogens (tertiary/aromatic N) is 3. The van der Waals surface area contributed by atoms with Gasteiger partial charge in [0.15, 0.2) is 11.9 Å². The molecule has 0 saturated heterocycles. The summed E-state index contributed by atoms with van der Waals surface area (Å²) in [5.41, 5.74) is -1.86. The molecule has 156 valence electrons. The van der Waals surface area contributed by atoms with Crippen LogP contribution in [0.1, 0.15) is 33.5 Å². The highest BCUT2D eigenvalue weighted by molar-refractivity contribution is 6.01. The van der Waals surface area contributed by atoms with Crippen LogP contribution in [-0.2, 0) is 10.9 Å². The first-order chi connectivity index (χ1) is 14.2. The third kappa shape index (κ3) is 4.24. The van der Waals surface area contributed by atoms with Crippen molar-refractivity contribution in [3.05, 3.63) is 77.0 Å². The van der Waals surface area contributed by atoms with E-state index in [0.29, 0.717) is 9.41 Å². The van der Waals surface area contributed by atoms with Crippen LogP contribution in [0.3, 0.4) is 0 Å².